The topological polar surface area (TPSA) is 17.1 Å². The second-order valence-corrected chi connectivity index (χ2v) is 5.47. The van der Waals surface area contributed by atoms with Gasteiger partial charge in [-0.3, -0.25) is 4.79 Å². The van der Waals surface area contributed by atoms with E-state index in [1.54, 1.807) is 0 Å². The molecular weight excluding hydrogens is 148 g/mol. The molecular formula is C11H18O. The lowest BCUT2D eigenvalue weighted by molar-refractivity contribution is -0.126. The molecule has 0 aliphatic heterocycles. The predicted octanol–water partition coefficient (Wildman–Crippen LogP) is 2.65. The number of hydrogen-bond acceptors (Lipinski definition) is 1. The minimum Gasteiger partial charge on any atom is -0.299 e. The fourth-order valence-corrected chi connectivity index (χ4v) is 3.05. The maximum absolute atomic E-state index is 11.6. The molecule has 0 spiro atoms. The van der Waals surface area contributed by atoms with Crippen molar-refractivity contribution in [2.24, 2.45) is 22.7 Å². The van der Waals surface area contributed by atoms with Gasteiger partial charge in [0.1, 0.15) is 5.78 Å². The van der Waals surface area contributed by atoms with Crippen molar-refractivity contribution in [2.45, 2.75) is 40.5 Å². The van der Waals surface area contributed by atoms with Gasteiger partial charge in [0.15, 0.2) is 0 Å². The van der Waals surface area contributed by atoms with Crippen LogP contribution >= 0.6 is 0 Å². The molecule has 2 atom stereocenters. The Morgan fingerprint density at radius 2 is 2.00 bits per heavy atom. The van der Waals surface area contributed by atoms with Crippen LogP contribution in [0.1, 0.15) is 40.5 Å². The maximum atomic E-state index is 11.6. The molecule has 0 aromatic rings. The SMILES string of the molecule is CC(C)[C@]12CC(=O)C(C)(C)[C@@H]1C2. The molecule has 0 aromatic heterocycles. The maximum Gasteiger partial charge on any atom is 0.139 e. The molecule has 0 amide bonds. The summed E-state index contributed by atoms with van der Waals surface area (Å²) in [5.74, 6) is 1.87. The van der Waals surface area contributed by atoms with Crippen molar-refractivity contribution in [3.8, 4) is 0 Å². The van der Waals surface area contributed by atoms with Crippen LogP contribution in [0.25, 0.3) is 0 Å². The summed E-state index contributed by atoms with van der Waals surface area (Å²) in [7, 11) is 0. The third-order valence-corrected chi connectivity index (χ3v) is 4.35. The minimum atomic E-state index is -0.00965. The van der Waals surface area contributed by atoms with Gasteiger partial charge in [-0.1, -0.05) is 27.7 Å². The highest BCUT2D eigenvalue weighted by molar-refractivity contribution is 5.89. The van der Waals surface area contributed by atoms with Gasteiger partial charge in [-0.2, -0.15) is 0 Å². The molecule has 0 saturated heterocycles. The zero-order valence-electron chi connectivity index (χ0n) is 8.48. The first kappa shape index (κ1) is 8.28. The molecule has 2 aliphatic carbocycles. The summed E-state index contributed by atoms with van der Waals surface area (Å²) in [5.41, 5.74) is 0.408. The monoisotopic (exact) mass is 166 g/mol. The van der Waals surface area contributed by atoms with E-state index in [-0.39, 0.29) is 5.41 Å². The fraction of sp³-hybridized carbons (Fsp3) is 0.909. The Labute approximate surface area is 74.5 Å². The molecule has 2 fully saturated rings. The molecule has 0 radical (unpaired) electrons. The zero-order chi connectivity index (χ0) is 9.15. The molecule has 0 heterocycles. The number of carbonyl (C=O) groups is 1. The smallest absolute Gasteiger partial charge is 0.139 e. The molecule has 2 rings (SSSR count). The molecule has 1 nitrogen and oxygen atoms in total. The van der Waals surface area contributed by atoms with Crippen molar-refractivity contribution in [3.63, 3.8) is 0 Å². The van der Waals surface area contributed by atoms with Gasteiger partial charge < -0.3 is 0 Å². The van der Waals surface area contributed by atoms with Gasteiger partial charge >= 0.3 is 0 Å². The first-order chi connectivity index (χ1) is 5.41. The summed E-state index contributed by atoms with van der Waals surface area (Å²) < 4.78 is 0. The van der Waals surface area contributed by atoms with Crippen LogP contribution in [0, 0.1) is 22.7 Å². The van der Waals surface area contributed by atoms with Gasteiger partial charge in [0, 0.05) is 11.8 Å². The molecule has 1 heteroatoms. The second-order valence-electron chi connectivity index (χ2n) is 5.47. The fourth-order valence-electron chi connectivity index (χ4n) is 3.05. The molecule has 0 unspecified atom stereocenters. The van der Waals surface area contributed by atoms with Gasteiger partial charge in [-0.15, -0.1) is 0 Å². The summed E-state index contributed by atoms with van der Waals surface area (Å²) in [5, 5.41) is 0. The minimum absolute atomic E-state index is 0.00965. The average molecular weight is 166 g/mol. The first-order valence-electron chi connectivity index (χ1n) is 4.94. The Morgan fingerprint density at radius 3 is 2.25 bits per heavy atom. The number of rotatable bonds is 1. The van der Waals surface area contributed by atoms with E-state index in [0.717, 1.165) is 6.42 Å². The molecule has 0 N–H and O–H groups in total. The van der Waals surface area contributed by atoms with E-state index in [4.69, 9.17) is 0 Å². The molecule has 2 saturated carbocycles. The van der Waals surface area contributed by atoms with E-state index in [2.05, 4.69) is 27.7 Å². The molecule has 68 valence electrons. The van der Waals surface area contributed by atoms with E-state index >= 15 is 0 Å². The molecule has 0 bridgehead atoms. The third kappa shape index (κ3) is 0.725. The van der Waals surface area contributed by atoms with E-state index in [1.165, 1.54) is 6.42 Å². The zero-order valence-corrected chi connectivity index (χ0v) is 8.48. The average Bonchev–Trinajstić information content (AvgIpc) is 2.59. The summed E-state index contributed by atoms with van der Waals surface area (Å²) in [6.45, 7) is 8.76. The number of hydrogen-bond donors (Lipinski definition) is 0. The van der Waals surface area contributed by atoms with Gasteiger partial charge in [-0.05, 0) is 23.7 Å². The van der Waals surface area contributed by atoms with Crippen LogP contribution in [-0.2, 0) is 4.79 Å². The summed E-state index contributed by atoms with van der Waals surface area (Å²) >= 11 is 0. The number of Topliss-reactive ketones (excluding diaryl/α,β-unsaturated/α-hetero) is 1. The molecule has 12 heavy (non-hydrogen) atoms. The van der Waals surface area contributed by atoms with Crippen molar-refractivity contribution < 1.29 is 4.79 Å². The highest BCUT2D eigenvalue weighted by atomic mass is 16.1. The van der Waals surface area contributed by atoms with E-state index in [9.17, 15) is 4.79 Å². The molecule has 2 aliphatic rings. The van der Waals surface area contributed by atoms with E-state index in [0.29, 0.717) is 23.0 Å². The summed E-state index contributed by atoms with van der Waals surface area (Å²) in [6.07, 6.45) is 2.14. The number of ketones is 1. The van der Waals surface area contributed by atoms with Crippen molar-refractivity contribution in [1.29, 1.82) is 0 Å². The number of fused-ring (bicyclic) bond motifs is 1. The summed E-state index contributed by atoms with van der Waals surface area (Å²) in [6, 6.07) is 0. The van der Waals surface area contributed by atoms with Gasteiger partial charge in [0.25, 0.3) is 0 Å². The Balaban J connectivity index is 2.28. The van der Waals surface area contributed by atoms with Crippen LogP contribution in [0.4, 0.5) is 0 Å². The molecule has 0 aromatic carbocycles. The van der Waals surface area contributed by atoms with Crippen molar-refractivity contribution in [1.82, 2.24) is 0 Å². The lowest BCUT2D eigenvalue weighted by atomic mass is 9.86. The Hall–Kier alpha value is -0.330. The predicted molar refractivity (Wildman–Crippen MR) is 48.8 cm³/mol. The Bertz CT molecular complexity index is 239. The van der Waals surface area contributed by atoms with Crippen molar-refractivity contribution >= 4 is 5.78 Å². The van der Waals surface area contributed by atoms with Crippen LogP contribution in [0.5, 0.6) is 0 Å². The van der Waals surface area contributed by atoms with Crippen molar-refractivity contribution in [3.05, 3.63) is 0 Å². The van der Waals surface area contributed by atoms with Gasteiger partial charge in [0.05, 0.1) is 0 Å². The highest BCUT2D eigenvalue weighted by Crippen LogP contribution is 2.72. The van der Waals surface area contributed by atoms with Crippen LogP contribution in [-0.4, -0.2) is 5.78 Å². The Kier molecular flexibility index (Phi) is 1.34. The lowest BCUT2D eigenvalue weighted by Crippen LogP contribution is -2.21. The number of carbonyl (C=O) groups excluding carboxylic acids is 1. The third-order valence-electron chi connectivity index (χ3n) is 4.35. The first-order valence-corrected chi connectivity index (χ1v) is 4.94. The van der Waals surface area contributed by atoms with Crippen LogP contribution < -0.4 is 0 Å². The standard InChI is InChI=1S/C11H18O/c1-7(2)11-5-8(11)10(3,4)9(12)6-11/h7-8H,5-6H2,1-4H3/t8-,11-/m0/s1. The van der Waals surface area contributed by atoms with Crippen LogP contribution in [0.15, 0.2) is 0 Å². The van der Waals surface area contributed by atoms with Gasteiger partial charge in [0.2, 0.25) is 0 Å². The summed E-state index contributed by atoms with van der Waals surface area (Å²) in [4.78, 5) is 11.6. The Morgan fingerprint density at radius 1 is 1.42 bits per heavy atom. The van der Waals surface area contributed by atoms with Crippen molar-refractivity contribution in [2.75, 3.05) is 0 Å². The van der Waals surface area contributed by atoms with E-state index < -0.39 is 0 Å². The van der Waals surface area contributed by atoms with Crippen LogP contribution in [0.3, 0.4) is 0 Å². The normalized spacial score (nSPS) is 43.4. The lowest BCUT2D eigenvalue weighted by Gasteiger charge is -2.16. The van der Waals surface area contributed by atoms with Gasteiger partial charge in [-0.25, -0.2) is 0 Å². The quantitative estimate of drug-likeness (QED) is 0.585. The van der Waals surface area contributed by atoms with Crippen LogP contribution in [0.2, 0.25) is 0 Å². The second kappa shape index (κ2) is 1.94. The largest absolute Gasteiger partial charge is 0.299 e. The van der Waals surface area contributed by atoms with E-state index in [1.807, 2.05) is 0 Å². The highest BCUT2D eigenvalue weighted by Gasteiger charge is 2.69.